The van der Waals surface area contributed by atoms with E-state index in [1.165, 1.54) is 12.5 Å². The van der Waals surface area contributed by atoms with Gasteiger partial charge in [0.05, 0.1) is 7.11 Å². The molecule has 78 valence electrons. The van der Waals surface area contributed by atoms with E-state index in [1.54, 1.807) is 7.11 Å². The fraction of sp³-hybridized carbons (Fsp3) is 0.182. The van der Waals surface area contributed by atoms with E-state index in [2.05, 4.69) is 9.68 Å². The van der Waals surface area contributed by atoms with Crippen LogP contribution >= 0.6 is 0 Å². The molecule has 0 N–H and O–H groups in total. The summed E-state index contributed by atoms with van der Waals surface area (Å²) in [6.45, 7) is 0.471. The minimum absolute atomic E-state index is 0.471. The Labute approximate surface area is 87.4 Å². The molecule has 1 aromatic carbocycles. The summed E-state index contributed by atoms with van der Waals surface area (Å²) in [5, 5.41) is 3.54. The van der Waals surface area contributed by atoms with Crippen LogP contribution in [0, 0.1) is 0 Å². The number of nitrogens with zero attached hydrogens (tertiary/aromatic N) is 1. The lowest BCUT2D eigenvalue weighted by atomic mass is 10.2. The van der Waals surface area contributed by atoms with Crippen molar-refractivity contribution in [2.75, 3.05) is 7.11 Å². The molecule has 1 heterocycles. The first-order chi connectivity index (χ1) is 7.38. The van der Waals surface area contributed by atoms with Gasteiger partial charge in [-0.25, -0.2) is 0 Å². The predicted molar refractivity (Wildman–Crippen MR) is 53.8 cm³/mol. The Balaban J connectivity index is 1.98. The number of methoxy groups -OCH3 is 1. The third-order valence-corrected chi connectivity index (χ3v) is 1.95. The molecule has 0 atom stereocenters. The van der Waals surface area contributed by atoms with Gasteiger partial charge in [-0.2, -0.15) is 0 Å². The Morgan fingerprint density at radius 3 is 3.00 bits per heavy atom. The van der Waals surface area contributed by atoms with Gasteiger partial charge in [-0.15, -0.1) is 0 Å². The van der Waals surface area contributed by atoms with Crippen LogP contribution in [-0.4, -0.2) is 12.3 Å². The molecule has 1 aromatic heterocycles. The highest BCUT2D eigenvalue weighted by Gasteiger charge is 1.99. The van der Waals surface area contributed by atoms with Crippen LogP contribution in [0.4, 0.5) is 0 Å². The van der Waals surface area contributed by atoms with Crippen molar-refractivity contribution in [2.24, 2.45) is 0 Å². The highest BCUT2D eigenvalue weighted by atomic mass is 16.5. The molecule has 0 fully saturated rings. The molecule has 0 amide bonds. The van der Waals surface area contributed by atoms with Crippen molar-refractivity contribution in [3.63, 3.8) is 0 Å². The second-order valence-electron chi connectivity index (χ2n) is 3.00. The van der Waals surface area contributed by atoms with Gasteiger partial charge < -0.3 is 14.0 Å². The van der Waals surface area contributed by atoms with E-state index >= 15 is 0 Å². The second-order valence-corrected chi connectivity index (χ2v) is 3.00. The number of hydrogen-bond donors (Lipinski definition) is 0. The van der Waals surface area contributed by atoms with Gasteiger partial charge in [-0.05, 0) is 17.7 Å². The summed E-state index contributed by atoms with van der Waals surface area (Å²) in [5.41, 5.74) is 1.04. The van der Waals surface area contributed by atoms with Gasteiger partial charge in [-0.1, -0.05) is 17.3 Å². The number of benzene rings is 1. The molecule has 15 heavy (non-hydrogen) atoms. The van der Waals surface area contributed by atoms with Crippen LogP contribution in [0.15, 0.2) is 41.2 Å². The standard InChI is InChI=1S/C11H11NO3/c1-13-10-4-2-3-9(5-10)7-14-11-6-12-15-8-11/h2-6,8H,7H2,1H3. The van der Waals surface area contributed by atoms with Gasteiger partial charge in [0.25, 0.3) is 0 Å². The van der Waals surface area contributed by atoms with Gasteiger partial charge in [0.15, 0.2) is 12.0 Å². The molecule has 0 saturated carbocycles. The maximum atomic E-state index is 5.42. The predicted octanol–water partition coefficient (Wildman–Crippen LogP) is 2.26. The van der Waals surface area contributed by atoms with Gasteiger partial charge in [0, 0.05) is 0 Å². The lowest BCUT2D eigenvalue weighted by molar-refractivity contribution is 0.300. The van der Waals surface area contributed by atoms with Gasteiger partial charge >= 0.3 is 0 Å². The fourth-order valence-electron chi connectivity index (χ4n) is 1.20. The Bertz CT molecular complexity index is 412. The maximum absolute atomic E-state index is 5.42. The number of ether oxygens (including phenoxy) is 2. The number of hydrogen-bond acceptors (Lipinski definition) is 4. The van der Waals surface area contributed by atoms with Crippen LogP contribution in [0.5, 0.6) is 11.5 Å². The highest BCUT2D eigenvalue weighted by molar-refractivity contribution is 5.28. The minimum Gasteiger partial charge on any atom is -0.497 e. The van der Waals surface area contributed by atoms with Crippen LogP contribution in [0.25, 0.3) is 0 Å². The zero-order chi connectivity index (χ0) is 10.5. The van der Waals surface area contributed by atoms with Crippen LogP contribution in [0.2, 0.25) is 0 Å². The molecule has 0 spiro atoms. The zero-order valence-electron chi connectivity index (χ0n) is 8.34. The number of rotatable bonds is 4. The van der Waals surface area contributed by atoms with Crippen molar-refractivity contribution < 1.29 is 14.0 Å². The molecule has 0 aliphatic carbocycles. The molecule has 0 aliphatic rings. The molecule has 0 bridgehead atoms. The first kappa shape index (κ1) is 9.58. The minimum atomic E-state index is 0.471. The van der Waals surface area contributed by atoms with Crippen molar-refractivity contribution in [3.05, 3.63) is 42.3 Å². The number of aromatic nitrogens is 1. The Kier molecular flexibility index (Phi) is 2.88. The normalized spacial score (nSPS) is 9.93. The van der Waals surface area contributed by atoms with Crippen LogP contribution < -0.4 is 9.47 Å². The summed E-state index contributed by atoms with van der Waals surface area (Å²) in [5.74, 6) is 1.44. The van der Waals surface area contributed by atoms with Crippen molar-refractivity contribution >= 4 is 0 Å². The van der Waals surface area contributed by atoms with E-state index in [0.29, 0.717) is 12.4 Å². The van der Waals surface area contributed by atoms with E-state index in [9.17, 15) is 0 Å². The molecule has 0 saturated heterocycles. The topological polar surface area (TPSA) is 44.5 Å². The third kappa shape index (κ3) is 2.49. The van der Waals surface area contributed by atoms with Crippen molar-refractivity contribution in [2.45, 2.75) is 6.61 Å². The SMILES string of the molecule is COc1cccc(COc2cnoc2)c1. The second kappa shape index (κ2) is 4.50. The molecular weight excluding hydrogens is 194 g/mol. The molecule has 0 unspecified atom stereocenters. The van der Waals surface area contributed by atoms with Gasteiger partial charge in [0.2, 0.25) is 0 Å². The van der Waals surface area contributed by atoms with E-state index in [0.717, 1.165) is 11.3 Å². The lowest BCUT2D eigenvalue weighted by Gasteiger charge is -2.04. The highest BCUT2D eigenvalue weighted by Crippen LogP contribution is 2.15. The summed E-state index contributed by atoms with van der Waals surface area (Å²) in [4.78, 5) is 0. The van der Waals surface area contributed by atoms with Crippen molar-refractivity contribution in [1.82, 2.24) is 5.16 Å². The first-order valence-electron chi connectivity index (χ1n) is 4.53. The average Bonchev–Trinajstić information content (AvgIpc) is 2.79. The molecule has 2 rings (SSSR count). The molecule has 4 heteroatoms. The quantitative estimate of drug-likeness (QED) is 0.768. The Morgan fingerprint density at radius 2 is 2.27 bits per heavy atom. The largest absolute Gasteiger partial charge is 0.497 e. The molecule has 4 nitrogen and oxygen atoms in total. The summed E-state index contributed by atoms with van der Waals surface area (Å²) in [7, 11) is 1.64. The Morgan fingerprint density at radius 1 is 1.33 bits per heavy atom. The lowest BCUT2D eigenvalue weighted by Crippen LogP contribution is -1.94. The van der Waals surface area contributed by atoms with E-state index in [1.807, 2.05) is 24.3 Å². The Hall–Kier alpha value is -1.97. The zero-order valence-corrected chi connectivity index (χ0v) is 8.34. The maximum Gasteiger partial charge on any atom is 0.179 e. The average molecular weight is 205 g/mol. The summed E-state index contributed by atoms with van der Waals surface area (Å²) in [6, 6.07) is 7.71. The van der Waals surface area contributed by atoms with Crippen LogP contribution in [0.1, 0.15) is 5.56 Å². The van der Waals surface area contributed by atoms with E-state index < -0.39 is 0 Å². The molecule has 0 radical (unpaired) electrons. The monoisotopic (exact) mass is 205 g/mol. The van der Waals surface area contributed by atoms with E-state index in [-0.39, 0.29) is 0 Å². The van der Waals surface area contributed by atoms with Gasteiger partial charge in [-0.3, -0.25) is 0 Å². The van der Waals surface area contributed by atoms with Crippen LogP contribution in [-0.2, 0) is 6.61 Å². The fourth-order valence-corrected chi connectivity index (χ4v) is 1.20. The van der Waals surface area contributed by atoms with Crippen molar-refractivity contribution in [1.29, 1.82) is 0 Å². The summed E-state index contributed by atoms with van der Waals surface area (Å²) < 4.78 is 15.2. The summed E-state index contributed by atoms with van der Waals surface area (Å²) in [6.07, 6.45) is 2.99. The molecule has 2 aromatic rings. The van der Waals surface area contributed by atoms with Gasteiger partial charge in [0.1, 0.15) is 18.6 Å². The smallest absolute Gasteiger partial charge is 0.179 e. The summed E-state index contributed by atoms with van der Waals surface area (Å²) >= 11 is 0. The van der Waals surface area contributed by atoms with Crippen molar-refractivity contribution in [3.8, 4) is 11.5 Å². The van der Waals surface area contributed by atoms with Crippen LogP contribution in [0.3, 0.4) is 0 Å². The molecule has 0 aliphatic heterocycles. The van der Waals surface area contributed by atoms with E-state index in [4.69, 9.17) is 9.47 Å². The molecular formula is C11H11NO3. The first-order valence-corrected chi connectivity index (χ1v) is 4.53. The third-order valence-electron chi connectivity index (χ3n) is 1.95.